The second-order valence-corrected chi connectivity index (χ2v) is 2.07. The standard InChI is InChI=1S/C5H10.C3H8.3CH4/c1-4-5(2)3;1-3-2;;;/h4H,1-3H3;3H2,1-2H3;3*1H4. The van der Waals surface area contributed by atoms with Crippen LogP contribution in [-0.2, 0) is 0 Å². The first kappa shape index (κ1) is 30.9. The molecule has 0 heteroatoms. The van der Waals surface area contributed by atoms with E-state index in [2.05, 4.69) is 33.8 Å². The Morgan fingerprint density at radius 3 is 1.09 bits per heavy atom. The molecule has 0 spiro atoms. The van der Waals surface area contributed by atoms with Crippen molar-refractivity contribution in [2.75, 3.05) is 0 Å². The Bertz CT molecular complexity index is 47.1. The Kier molecular flexibility index (Phi) is 93.1. The first-order chi connectivity index (χ1) is 3.68. The van der Waals surface area contributed by atoms with E-state index in [-0.39, 0.29) is 22.3 Å². The molecule has 0 aromatic carbocycles. The minimum atomic E-state index is 0. The van der Waals surface area contributed by atoms with Crippen molar-refractivity contribution in [3.05, 3.63) is 11.6 Å². The Hall–Kier alpha value is -0.260. The van der Waals surface area contributed by atoms with Crippen LogP contribution in [0.15, 0.2) is 11.6 Å². The van der Waals surface area contributed by atoms with Gasteiger partial charge in [0, 0.05) is 0 Å². The molecule has 0 amide bonds. The maximum atomic E-state index is 2.12. The largest absolute Gasteiger partial charge is 0.0890 e. The van der Waals surface area contributed by atoms with Crippen LogP contribution in [0.25, 0.3) is 0 Å². The second-order valence-electron chi connectivity index (χ2n) is 2.07. The lowest BCUT2D eigenvalue weighted by atomic mass is 10.3. The van der Waals surface area contributed by atoms with E-state index in [9.17, 15) is 0 Å². The topological polar surface area (TPSA) is 0 Å². The van der Waals surface area contributed by atoms with Crippen LogP contribution in [0.1, 0.15) is 63.3 Å². The van der Waals surface area contributed by atoms with Gasteiger partial charge in [-0.1, -0.05) is 54.2 Å². The first-order valence-electron chi connectivity index (χ1n) is 3.28. The van der Waals surface area contributed by atoms with Crippen molar-refractivity contribution in [2.24, 2.45) is 0 Å². The molecule has 11 heavy (non-hydrogen) atoms. The van der Waals surface area contributed by atoms with Gasteiger partial charge in [-0.15, -0.1) is 0 Å². The maximum absolute atomic E-state index is 2.12. The van der Waals surface area contributed by atoms with Gasteiger partial charge >= 0.3 is 0 Å². The SMILES string of the molecule is C.C.C.CC=C(C)C.CCC. The van der Waals surface area contributed by atoms with Gasteiger partial charge in [0.05, 0.1) is 0 Å². The highest BCUT2D eigenvalue weighted by Gasteiger charge is 1.60. The molecule has 0 aromatic heterocycles. The van der Waals surface area contributed by atoms with Crippen LogP contribution in [0, 0.1) is 0 Å². The quantitative estimate of drug-likeness (QED) is 0.424. The van der Waals surface area contributed by atoms with Crippen LogP contribution in [0.4, 0.5) is 0 Å². The van der Waals surface area contributed by atoms with E-state index in [1.807, 2.05) is 6.92 Å². The summed E-state index contributed by atoms with van der Waals surface area (Å²) in [6, 6.07) is 0. The summed E-state index contributed by atoms with van der Waals surface area (Å²) in [5.74, 6) is 0. The lowest BCUT2D eigenvalue weighted by Gasteiger charge is -1.74. The first-order valence-corrected chi connectivity index (χ1v) is 3.28. The van der Waals surface area contributed by atoms with Gasteiger partial charge in [-0.25, -0.2) is 0 Å². The summed E-state index contributed by atoms with van der Waals surface area (Å²) in [4.78, 5) is 0. The van der Waals surface area contributed by atoms with E-state index in [4.69, 9.17) is 0 Å². The molecular weight excluding hydrogens is 132 g/mol. The molecule has 0 heterocycles. The van der Waals surface area contributed by atoms with Crippen molar-refractivity contribution in [3.8, 4) is 0 Å². The van der Waals surface area contributed by atoms with E-state index >= 15 is 0 Å². The van der Waals surface area contributed by atoms with Gasteiger partial charge < -0.3 is 0 Å². The summed E-state index contributed by atoms with van der Waals surface area (Å²) >= 11 is 0. The third kappa shape index (κ3) is 193. The zero-order chi connectivity index (χ0) is 6.99. The number of rotatable bonds is 0. The number of hydrogen-bond acceptors (Lipinski definition) is 0. The third-order valence-electron chi connectivity index (χ3n) is 0.577. The van der Waals surface area contributed by atoms with Gasteiger partial charge in [0.1, 0.15) is 0 Å². The Labute approximate surface area is 75.7 Å². The third-order valence-corrected chi connectivity index (χ3v) is 0.577. The van der Waals surface area contributed by atoms with Gasteiger partial charge in [0.2, 0.25) is 0 Å². The lowest BCUT2D eigenvalue weighted by Crippen LogP contribution is -1.52. The molecule has 0 saturated heterocycles. The van der Waals surface area contributed by atoms with Gasteiger partial charge in [0.25, 0.3) is 0 Å². The highest BCUT2D eigenvalue weighted by atomic mass is 13.7. The molecule has 0 aromatic rings. The van der Waals surface area contributed by atoms with E-state index in [0.29, 0.717) is 0 Å². The van der Waals surface area contributed by atoms with Crippen LogP contribution >= 0.6 is 0 Å². The average molecular weight is 162 g/mol. The molecule has 0 aliphatic heterocycles. The minimum absolute atomic E-state index is 0. The Morgan fingerprint density at radius 2 is 1.09 bits per heavy atom. The summed E-state index contributed by atoms with van der Waals surface area (Å²) in [5.41, 5.74) is 1.38. The molecule has 0 radical (unpaired) electrons. The smallest absolute Gasteiger partial charge is 0.0442 e. The Balaban J connectivity index is -0.0000000183. The fourth-order valence-electron chi connectivity index (χ4n) is 0. The molecule has 0 nitrogen and oxygen atoms in total. The molecule has 0 saturated carbocycles. The number of hydrogen-bond donors (Lipinski definition) is 0. The molecule has 0 N–H and O–H groups in total. The number of allylic oxidation sites excluding steroid dienone is 2. The Morgan fingerprint density at radius 1 is 1.00 bits per heavy atom. The molecule has 0 aliphatic carbocycles. The van der Waals surface area contributed by atoms with Crippen LogP contribution < -0.4 is 0 Å². The summed E-state index contributed by atoms with van der Waals surface area (Å²) in [7, 11) is 0. The van der Waals surface area contributed by atoms with E-state index in [0.717, 1.165) is 0 Å². The van der Waals surface area contributed by atoms with E-state index < -0.39 is 0 Å². The molecule has 0 unspecified atom stereocenters. The second kappa shape index (κ2) is 33.1. The normalized spacial score (nSPS) is 4.82. The average Bonchev–Trinajstić information content (AvgIpc) is 1.69. The summed E-state index contributed by atoms with van der Waals surface area (Å²) < 4.78 is 0. The molecule has 0 fully saturated rings. The maximum Gasteiger partial charge on any atom is -0.0442 e. The van der Waals surface area contributed by atoms with Crippen LogP contribution in [0.2, 0.25) is 0 Å². The van der Waals surface area contributed by atoms with Gasteiger partial charge in [-0.3, -0.25) is 0 Å². The summed E-state index contributed by atoms with van der Waals surface area (Å²) in [5, 5.41) is 0. The van der Waals surface area contributed by atoms with Crippen LogP contribution in [0.3, 0.4) is 0 Å². The lowest BCUT2D eigenvalue weighted by molar-refractivity contribution is 1.09. The molecule has 0 aliphatic rings. The zero-order valence-corrected chi connectivity index (χ0v) is 6.78. The van der Waals surface area contributed by atoms with E-state index in [1.165, 1.54) is 12.0 Å². The van der Waals surface area contributed by atoms with E-state index in [1.54, 1.807) is 0 Å². The summed E-state index contributed by atoms with van der Waals surface area (Å²) in [6.45, 7) is 10.5. The molecule has 74 valence electrons. The van der Waals surface area contributed by atoms with Crippen LogP contribution in [0.5, 0.6) is 0 Å². The molecule has 0 rings (SSSR count). The minimum Gasteiger partial charge on any atom is -0.0890 e. The molecule has 0 atom stereocenters. The van der Waals surface area contributed by atoms with Gasteiger partial charge in [0.15, 0.2) is 0 Å². The summed E-state index contributed by atoms with van der Waals surface area (Å²) in [6.07, 6.45) is 3.33. The fraction of sp³-hybridized carbons (Fsp3) is 0.818. The zero-order valence-electron chi connectivity index (χ0n) is 6.78. The monoisotopic (exact) mass is 162 g/mol. The highest BCUT2D eigenvalue weighted by Crippen LogP contribution is 1.82. The van der Waals surface area contributed by atoms with Gasteiger partial charge in [-0.05, 0) is 20.8 Å². The van der Waals surface area contributed by atoms with Gasteiger partial charge in [-0.2, -0.15) is 0 Å². The predicted octanol–water partition coefficient (Wildman–Crippen LogP) is 5.30. The van der Waals surface area contributed by atoms with Crippen molar-refractivity contribution < 1.29 is 0 Å². The van der Waals surface area contributed by atoms with Crippen molar-refractivity contribution in [3.63, 3.8) is 0 Å². The highest BCUT2D eigenvalue weighted by molar-refractivity contribution is 4.88. The van der Waals surface area contributed by atoms with Crippen molar-refractivity contribution in [1.29, 1.82) is 0 Å². The predicted molar refractivity (Wildman–Crippen MR) is 61.3 cm³/mol. The van der Waals surface area contributed by atoms with Crippen molar-refractivity contribution >= 4 is 0 Å². The van der Waals surface area contributed by atoms with Crippen molar-refractivity contribution in [2.45, 2.75) is 63.3 Å². The van der Waals surface area contributed by atoms with Crippen LogP contribution in [-0.4, -0.2) is 0 Å². The fourth-order valence-corrected chi connectivity index (χ4v) is 0. The molecule has 0 bridgehead atoms. The van der Waals surface area contributed by atoms with Crippen molar-refractivity contribution in [1.82, 2.24) is 0 Å². The molecular formula is C11H30.